The van der Waals surface area contributed by atoms with Crippen LogP contribution in [0.5, 0.6) is 0 Å². The van der Waals surface area contributed by atoms with Gasteiger partial charge in [0.1, 0.15) is 6.10 Å². The van der Waals surface area contributed by atoms with Crippen molar-refractivity contribution >= 4 is 0 Å². The van der Waals surface area contributed by atoms with Crippen LogP contribution in [0.4, 0.5) is 0 Å². The summed E-state index contributed by atoms with van der Waals surface area (Å²) in [7, 11) is 0. The summed E-state index contributed by atoms with van der Waals surface area (Å²) < 4.78 is 0. The lowest BCUT2D eigenvalue weighted by Crippen LogP contribution is -2.27. The zero-order valence-electron chi connectivity index (χ0n) is 4.80. The van der Waals surface area contributed by atoms with Crippen LogP contribution >= 0.6 is 0 Å². The van der Waals surface area contributed by atoms with Crippen molar-refractivity contribution in [2.24, 2.45) is 5.73 Å². The molecule has 0 radical (unpaired) electrons. The fourth-order valence-electron chi connectivity index (χ4n) is 0.720. The van der Waals surface area contributed by atoms with Crippen molar-refractivity contribution in [2.45, 2.75) is 18.9 Å². The first-order valence-corrected chi connectivity index (χ1v) is 2.92. The van der Waals surface area contributed by atoms with Gasteiger partial charge in [-0.15, -0.1) is 0 Å². The average molecular weight is 117 g/mol. The van der Waals surface area contributed by atoms with Gasteiger partial charge in [-0.1, -0.05) is 0 Å². The van der Waals surface area contributed by atoms with Crippen molar-refractivity contribution in [1.29, 1.82) is 0 Å². The lowest BCUT2D eigenvalue weighted by atomic mass is 10.2. The van der Waals surface area contributed by atoms with Crippen LogP contribution in [-0.2, 0) is 9.78 Å². The van der Waals surface area contributed by atoms with Crippen LogP contribution in [-0.4, -0.2) is 19.3 Å². The van der Waals surface area contributed by atoms with Crippen LogP contribution in [0.3, 0.4) is 0 Å². The first-order chi connectivity index (χ1) is 3.93. The Bertz CT molecular complexity index is 61.4. The Morgan fingerprint density at radius 2 is 2.50 bits per heavy atom. The van der Waals surface area contributed by atoms with Gasteiger partial charge in [-0.25, -0.2) is 9.78 Å². The van der Waals surface area contributed by atoms with Gasteiger partial charge in [-0.05, 0) is 12.8 Å². The summed E-state index contributed by atoms with van der Waals surface area (Å²) in [6, 6.07) is 0. The van der Waals surface area contributed by atoms with Crippen molar-refractivity contribution in [3.8, 4) is 0 Å². The van der Waals surface area contributed by atoms with Gasteiger partial charge in [0.15, 0.2) is 0 Å². The number of hydrogen-bond donors (Lipinski definition) is 1. The van der Waals surface area contributed by atoms with Gasteiger partial charge in [-0.2, -0.15) is 0 Å². The molecule has 1 saturated heterocycles. The van der Waals surface area contributed by atoms with E-state index < -0.39 is 0 Å². The molecule has 0 aliphatic carbocycles. The quantitative estimate of drug-likeness (QED) is 0.494. The number of rotatable bonds is 1. The highest BCUT2D eigenvalue weighted by Crippen LogP contribution is 2.07. The molecule has 48 valence electrons. The smallest absolute Gasteiger partial charge is 0.105 e. The minimum atomic E-state index is 0.142. The maximum absolute atomic E-state index is 5.30. The third-order valence-electron chi connectivity index (χ3n) is 1.22. The molecule has 1 unspecified atom stereocenters. The van der Waals surface area contributed by atoms with E-state index in [1.807, 2.05) is 0 Å². The molecule has 0 aromatic rings. The van der Waals surface area contributed by atoms with Gasteiger partial charge in [-0.3, -0.25) is 0 Å². The molecule has 0 bridgehead atoms. The highest BCUT2D eigenvalue weighted by atomic mass is 17.2. The summed E-state index contributed by atoms with van der Waals surface area (Å²) in [6.45, 7) is 1.29. The lowest BCUT2D eigenvalue weighted by molar-refractivity contribution is -0.341. The molecule has 0 aromatic carbocycles. The van der Waals surface area contributed by atoms with Gasteiger partial charge in [0, 0.05) is 6.54 Å². The van der Waals surface area contributed by atoms with E-state index in [-0.39, 0.29) is 6.10 Å². The fraction of sp³-hybridized carbons (Fsp3) is 1.00. The monoisotopic (exact) mass is 117 g/mol. The summed E-state index contributed by atoms with van der Waals surface area (Å²) in [5.74, 6) is 0. The van der Waals surface area contributed by atoms with Gasteiger partial charge in [0.2, 0.25) is 0 Å². The molecule has 3 heteroatoms. The van der Waals surface area contributed by atoms with Crippen molar-refractivity contribution in [3.05, 3.63) is 0 Å². The van der Waals surface area contributed by atoms with E-state index in [0.29, 0.717) is 6.54 Å². The second-order valence-electron chi connectivity index (χ2n) is 1.92. The Labute approximate surface area is 48.7 Å². The topological polar surface area (TPSA) is 44.5 Å². The van der Waals surface area contributed by atoms with E-state index in [2.05, 4.69) is 0 Å². The molecule has 1 aliphatic rings. The van der Waals surface area contributed by atoms with Gasteiger partial charge in [0.25, 0.3) is 0 Å². The summed E-state index contributed by atoms with van der Waals surface area (Å²) in [6.07, 6.45) is 2.25. The van der Waals surface area contributed by atoms with E-state index in [0.717, 1.165) is 19.4 Å². The molecule has 0 spiro atoms. The normalized spacial score (nSPS) is 30.4. The van der Waals surface area contributed by atoms with Gasteiger partial charge in [0.05, 0.1) is 6.61 Å². The minimum absolute atomic E-state index is 0.142. The van der Waals surface area contributed by atoms with Crippen molar-refractivity contribution in [1.82, 2.24) is 0 Å². The van der Waals surface area contributed by atoms with Crippen LogP contribution in [0.2, 0.25) is 0 Å². The zero-order chi connectivity index (χ0) is 5.82. The molecule has 1 rings (SSSR count). The van der Waals surface area contributed by atoms with E-state index >= 15 is 0 Å². The lowest BCUT2D eigenvalue weighted by Gasteiger charge is -2.18. The molecule has 0 amide bonds. The highest BCUT2D eigenvalue weighted by molar-refractivity contribution is 4.58. The Morgan fingerprint density at radius 1 is 1.62 bits per heavy atom. The molecule has 8 heavy (non-hydrogen) atoms. The third kappa shape index (κ3) is 1.43. The molecule has 0 aromatic heterocycles. The van der Waals surface area contributed by atoms with E-state index in [4.69, 9.17) is 15.5 Å². The minimum Gasteiger partial charge on any atom is -0.328 e. The Balaban J connectivity index is 2.13. The van der Waals surface area contributed by atoms with Gasteiger partial charge >= 0.3 is 0 Å². The molecule has 2 N–H and O–H groups in total. The summed E-state index contributed by atoms with van der Waals surface area (Å²) in [4.78, 5) is 9.50. The predicted molar refractivity (Wildman–Crippen MR) is 29.1 cm³/mol. The van der Waals surface area contributed by atoms with Crippen molar-refractivity contribution < 1.29 is 9.78 Å². The molecule has 0 saturated carbocycles. The zero-order valence-corrected chi connectivity index (χ0v) is 4.80. The molecular weight excluding hydrogens is 106 g/mol. The summed E-state index contributed by atoms with van der Waals surface area (Å²) in [5, 5.41) is 0. The second-order valence-corrected chi connectivity index (χ2v) is 1.92. The van der Waals surface area contributed by atoms with Crippen LogP contribution in [0.25, 0.3) is 0 Å². The fourth-order valence-corrected chi connectivity index (χ4v) is 0.720. The first-order valence-electron chi connectivity index (χ1n) is 2.92. The first kappa shape index (κ1) is 6.01. The Hall–Kier alpha value is -0.120. The Morgan fingerprint density at radius 3 is 2.88 bits per heavy atom. The largest absolute Gasteiger partial charge is 0.328 e. The number of nitrogens with two attached hydrogens (primary N) is 1. The summed E-state index contributed by atoms with van der Waals surface area (Å²) >= 11 is 0. The van der Waals surface area contributed by atoms with E-state index in [9.17, 15) is 0 Å². The van der Waals surface area contributed by atoms with Crippen LogP contribution in [0.15, 0.2) is 0 Å². The van der Waals surface area contributed by atoms with Crippen molar-refractivity contribution in [3.63, 3.8) is 0 Å². The Kier molecular flexibility index (Phi) is 2.27. The molecule has 1 fully saturated rings. The third-order valence-corrected chi connectivity index (χ3v) is 1.22. The van der Waals surface area contributed by atoms with Crippen LogP contribution in [0, 0.1) is 0 Å². The predicted octanol–water partition coefficient (Wildman–Crippen LogP) is 0.0557. The molecule has 3 nitrogen and oxygen atoms in total. The maximum Gasteiger partial charge on any atom is 0.105 e. The standard InChI is InChI=1S/C5H11NO2/c6-4-5-2-1-3-7-8-5/h5H,1-4,6H2. The molecular formula is C5H11NO2. The molecule has 1 atom stereocenters. The average Bonchev–Trinajstić information content (AvgIpc) is 1.90. The van der Waals surface area contributed by atoms with Crippen LogP contribution < -0.4 is 5.73 Å². The SMILES string of the molecule is NCC1CCCOO1. The number of hydrogen-bond acceptors (Lipinski definition) is 3. The molecule has 1 heterocycles. The van der Waals surface area contributed by atoms with E-state index in [1.54, 1.807) is 0 Å². The van der Waals surface area contributed by atoms with Crippen molar-refractivity contribution in [2.75, 3.05) is 13.2 Å². The highest BCUT2D eigenvalue weighted by Gasteiger charge is 2.11. The maximum atomic E-state index is 5.30. The van der Waals surface area contributed by atoms with Gasteiger partial charge < -0.3 is 5.73 Å². The summed E-state index contributed by atoms with van der Waals surface area (Å²) in [5.41, 5.74) is 5.30. The second kappa shape index (κ2) is 3.02. The van der Waals surface area contributed by atoms with Crippen LogP contribution in [0.1, 0.15) is 12.8 Å². The molecule has 1 aliphatic heterocycles. The van der Waals surface area contributed by atoms with E-state index in [1.165, 1.54) is 0 Å².